The summed E-state index contributed by atoms with van der Waals surface area (Å²) in [4.78, 5) is 53.8. The van der Waals surface area contributed by atoms with Gasteiger partial charge in [-0.25, -0.2) is 19.1 Å². The summed E-state index contributed by atoms with van der Waals surface area (Å²) in [6.07, 6.45) is 0.912. The Morgan fingerprint density at radius 1 is 1.09 bits per heavy atom. The fraction of sp³-hybridized carbons (Fsp3) is 0.100. The first-order chi connectivity index (χ1) is 15.6. The van der Waals surface area contributed by atoms with E-state index in [1.807, 2.05) is 0 Å². The molecule has 13 heteroatoms. The molecule has 0 aliphatic carbocycles. The van der Waals surface area contributed by atoms with Crippen LogP contribution in [0.15, 0.2) is 55.8 Å². The van der Waals surface area contributed by atoms with E-state index in [1.54, 1.807) is 0 Å². The molecule has 0 bridgehead atoms. The quantitative estimate of drug-likeness (QED) is 0.262. The molecule has 0 aliphatic heterocycles. The second kappa shape index (κ2) is 7.91. The topological polar surface area (TPSA) is 158 Å². The maximum atomic E-state index is 12.3. The van der Waals surface area contributed by atoms with E-state index in [4.69, 9.17) is 11.6 Å². The molecule has 0 saturated heterocycles. The third kappa shape index (κ3) is 3.61. The van der Waals surface area contributed by atoms with Crippen LogP contribution in [0.5, 0.6) is 5.88 Å². The number of aromatic amines is 1. The molecule has 0 spiro atoms. The Balaban J connectivity index is 1.91. The minimum Gasteiger partial charge on any atom is -0.493 e. The van der Waals surface area contributed by atoms with E-state index < -0.39 is 33.3 Å². The zero-order chi connectivity index (χ0) is 24.0. The number of imidazole rings is 1. The minimum atomic E-state index is -0.942. The third-order valence-corrected chi connectivity index (χ3v) is 5.36. The second-order valence-electron chi connectivity index (χ2n) is 7.05. The number of aliphatic imine (C=N–C) groups is 1. The summed E-state index contributed by atoms with van der Waals surface area (Å²) >= 11 is 5.85. The maximum absolute atomic E-state index is 12.3. The number of nitrogens with zero attached hydrogens (tertiary/aromatic N) is 5. The van der Waals surface area contributed by atoms with Crippen molar-refractivity contribution in [3.8, 4) is 11.6 Å². The highest BCUT2D eigenvalue weighted by atomic mass is 35.5. The average Bonchev–Trinajstić information content (AvgIpc) is 2.97. The van der Waals surface area contributed by atoms with Gasteiger partial charge in [0.05, 0.1) is 21.6 Å². The van der Waals surface area contributed by atoms with Crippen molar-refractivity contribution in [2.75, 3.05) is 0 Å². The molecular formula is C20H15ClN6O6. The van der Waals surface area contributed by atoms with Gasteiger partial charge in [-0.1, -0.05) is 11.6 Å². The molecule has 4 rings (SSSR count). The highest BCUT2D eigenvalue weighted by Gasteiger charge is 2.20. The molecule has 168 valence electrons. The Labute approximate surface area is 188 Å². The van der Waals surface area contributed by atoms with Gasteiger partial charge in [-0.3, -0.25) is 29.0 Å². The Bertz CT molecular complexity index is 1640. The molecule has 0 saturated carbocycles. The smallest absolute Gasteiger partial charge is 0.335 e. The number of rotatable bonds is 4. The molecule has 2 N–H and O–H groups in total. The summed E-state index contributed by atoms with van der Waals surface area (Å²) in [7, 11) is 2.98. The highest BCUT2D eigenvalue weighted by molar-refractivity contribution is 6.30. The van der Waals surface area contributed by atoms with Crippen molar-refractivity contribution in [1.82, 2.24) is 18.7 Å². The van der Waals surface area contributed by atoms with Gasteiger partial charge in [0.2, 0.25) is 5.88 Å². The Morgan fingerprint density at radius 2 is 1.70 bits per heavy atom. The number of hydrogen-bond donors (Lipinski definition) is 2. The molecule has 0 amide bonds. The molecule has 2 aromatic carbocycles. The van der Waals surface area contributed by atoms with Crippen LogP contribution in [0.2, 0.25) is 5.02 Å². The van der Waals surface area contributed by atoms with Crippen molar-refractivity contribution < 1.29 is 10.0 Å². The van der Waals surface area contributed by atoms with Crippen molar-refractivity contribution >= 4 is 40.2 Å². The summed E-state index contributed by atoms with van der Waals surface area (Å²) in [6, 6.07) is 8.41. The lowest BCUT2D eigenvalue weighted by molar-refractivity contribution is -0.383. The Hall–Kier alpha value is -4.45. The number of H-pyrrole nitrogens is 1. The van der Waals surface area contributed by atoms with Crippen LogP contribution in [0.1, 0.15) is 5.56 Å². The Kier molecular flexibility index (Phi) is 5.22. The van der Waals surface area contributed by atoms with Gasteiger partial charge in [0.15, 0.2) is 0 Å². The molecule has 0 fully saturated rings. The van der Waals surface area contributed by atoms with Gasteiger partial charge >= 0.3 is 11.4 Å². The zero-order valence-electron chi connectivity index (χ0n) is 17.1. The van der Waals surface area contributed by atoms with Gasteiger partial charge in [-0.05, 0) is 30.3 Å². The third-order valence-electron chi connectivity index (χ3n) is 5.10. The number of nitro benzene ring substituents is 1. The minimum absolute atomic E-state index is 0.156. The van der Waals surface area contributed by atoms with Gasteiger partial charge in [0.1, 0.15) is 11.3 Å². The standard InChI is InChI=1S/C20H15ClN6O6/c1-24-15-7-13(14(27(32)33)8-16(15)25(2)20(24)31)22-9-12-17(28)23-19(30)26(18(12)29)11-5-3-10(21)4-6-11/h3-9,29H,1-2H3,(H,23,28,30). The average molecular weight is 471 g/mol. The largest absolute Gasteiger partial charge is 0.493 e. The number of aromatic hydroxyl groups is 1. The number of benzene rings is 2. The number of hydrogen-bond acceptors (Lipinski definition) is 7. The molecule has 2 heterocycles. The summed E-state index contributed by atoms with van der Waals surface area (Å²) in [6.45, 7) is 0. The van der Waals surface area contributed by atoms with Gasteiger partial charge in [0.25, 0.3) is 11.2 Å². The van der Waals surface area contributed by atoms with Crippen molar-refractivity contribution in [2.24, 2.45) is 19.1 Å². The molecule has 12 nitrogen and oxygen atoms in total. The first-order valence-corrected chi connectivity index (χ1v) is 9.70. The molecule has 0 atom stereocenters. The zero-order valence-corrected chi connectivity index (χ0v) is 17.9. The van der Waals surface area contributed by atoms with Crippen LogP contribution in [0.4, 0.5) is 11.4 Å². The lowest BCUT2D eigenvalue weighted by Gasteiger charge is -2.09. The molecule has 0 aliphatic rings. The maximum Gasteiger partial charge on any atom is 0.335 e. The molecule has 2 aromatic heterocycles. The van der Waals surface area contributed by atoms with Crippen LogP contribution in [-0.4, -0.2) is 34.9 Å². The van der Waals surface area contributed by atoms with Crippen LogP contribution < -0.4 is 16.9 Å². The van der Waals surface area contributed by atoms with Crippen molar-refractivity contribution in [2.45, 2.75) is 0 Å². The van der Waals surface area contributed by atoms with E-state index in [0.717, 1.165) is 10.8 Å². The van der Waals surface area contributed by atoms with E-state index >= 15 is 0 Å². The van der Waals surface area contributed by atoms with E-state index in [2.05, 4.69) is 9.98 Å². The molecular weight excluding hydrogens is 456 g/mol. The van der Waals surface area contributed by atoms with Gasteiger partial charge < -0.3 is 5.11 Å². The van der Waals surface area contributed by atoms with Crippen LogP contribution in [0.3, 0.4) is 0 Å². The van der Waals surface area contributed by atoms with Gasteiger partial charge in [-0.2, -0.15) is 0 Å². The van der Waals surface area contributed by atoms with Gasteiger partial charge in [0, 0.05) is 31.4 Å². The molecule has 33 heavy (non-hydrogen) atoms. The summed E-state index contributed by atoms with van der Waals surface area (Å²) < 4.78 is 3.38. The van der Waals surface area contributed by atoms with Crippen molar-refractivity contribution in [3.05, 3.63) is 88.4 Å². The molecule has 0 unspecified atom stereocenters. The SMILES string of the molecule is Cn1c(=O)n(C)c2cc([N+](=O)[O-])c(N=Cc3c(O)n(-c4ccc(Cl)cc4)c(=O)[nH]c3=O)cc21. The first-order valence-electron chi connectivity index (χ1n) is 9.32. The van der Waals surface area contributed by atoms with Crippen LogP contribution in [0.25, 0.3) is 16.7 Å². The number of nitro groups is 1. The predicted molar refractivity (Wildman–Crippen MR) is 121 cm³/mol. The number of fused-ring (bicyclic) bond motifs is 1. The number of nitrogens with one attached hydrogen (secondary N) is 1. The van der Waals surface area contributed by atoms with Crippen molar-refractivity contribution in [3.63, 3.8) is 0 Å². The summed E-state index contributed by atoms with van der Waals surface area (Å²) in [5, 5.41) is 22.6. The molecule has 0 radical (unpaired) electrons. The normalized spacial score (nSPS) is 11.5. The van der Waals surface area contributed by atoms with Crippen molar-refractivity contribution in [1.29, 1.82) is 0 Å². The fourth-order valence-electron chi connectivity index (χ4n) is 3.39. The van der Waals surface area contributed by atoms with Gasteiger partial charge in [-0.15, -0.1) is 0 Å². The fourth-order valence-corrected chi connectivity index (χ4v) is 3.52. The highest BCUT2D eigenvalue weighted by Crippen LogP contribution is 2.32. The first kappa shape index (κ1) is 21.8. The number of aryl methyl sites for hydroxylation is 2. The van der Waals surface area contributed by atoms with E-state index in [1.165, 1.54) is 59.6 Å². The van der Waals surface area contributed by atoms with E-state index in [-0.39, 0.29) is 17.1 Å². The van der Waals surface area contributed by atoms with E-state index in [0.29, 0.717) is 16.1 Å². The lowest BCUT2D eigenvalue weighted by atomic mass is 10.2. The van der Waals surface area contributed by atoms with Crippen LogP contribution >= 0.6 is 11.6 Å². The monoisotopic (exact) mass is 470 g/mol. The number of aromatic nitrogens is 4. The molecule has 4 aromatic rings. The van der Waals surface area contributed by atoms with Crippen LogP contribution in [0, 0.1) is 10.1 Å². The predicted octanol–water partition coefficient (Wildman–Crippen LogP) is 1.73. The van der Waals surface area contributed by atoms with E-state index in [9.17, 15) is 29.6 Å². The Morgan fingerprint density at radius 3 is 2.30 bits per heavy atom. The second-order valence-corrected chi connectivity index (χ2v) is 7.49. The lowest BCUT2D eigenvalue weighted by Crippen LogP contribution is -2.31. The number of halogens is 1. The summed E-state index contributed by atoms with van der Waals surface area (Å²) in [5.41, 5.74) is -2.27. The summed E-state index contributed by atoms with van der Waals surface area (Å²) in [5.74, 6) is -0.717. The van der Waals surface area contributed by atoms with Crippen LogP contribution in [-0.2, 0) is 14.1 Å².